The van der Waals surface area contributed by atoms with E-state index in [1.54, 1.807) is 37.3 Å². The number of hydrogen-bond donors (Lipinski definition) is 1. The summed E-state index contributed by atoms with van der Waals surface area (Å²) < 4.78 is 34.9. The highest BCUT2D eigenvalue weighted by molar-refractivity contribution is 6.30. The molecule has 3 rings (SSSR count). The molecule has 1 N–H and O–H groups in total. The average molecular weight is 368 g/mol. The summed E-state index contributed by atoms with van der Waals surface area (Å²) in [7, 11) is 0. The number of ether oxygens (including phenoxy) is 2. The van der Waals surface area contributed by atoms with Gasteiger partial charge in [-0.3, -0.25) is 4.79 Å². The lowest BCUT2D eigenvalue weighted by Crippen LogP contribution is -2.32. The molecular formula is C18H16ClF2NO3. The number of carbonyl (C=O) groups is 1. The zero-order chi connectivity index (χ0) is 18.0. The second-order valence-corrected chi connectivity index (χ2v) is 6.20. The molecule has 1 aliphatic rings. The maximum absolute atomic E-state index is 12.5. The maximum atomic E-state index is 12.5. The van der Waals surface area contributed by atoms with Crippen LogP contribution >= 0.6 is 11.6 Å². The number of fused-ring (bicyclic) bond motifs is 1. The molecule has 25 heavy (non-hydrogen) atoms. The van der Waals surface area contributed by atoms with Crippen molar-refractivity contribution >= 4 is 23.2 Å². The van der Waals surface area contributed by atoms with Gasteiger partial charge in [0.25, 0.3) is 0 Å². The predicted molar refractivity (Wildman–Crippen MR) is 90.6 cm³/mol. The van der Waals surface area contributed by atoms with Crippen LogP contribution in [0.4, 0.5) is 14.5 Å². The molecule has 0 saturated heterocycles. The minimum absolute atomic E-state index is 0.0322. The lowest BCUT2D eigenvalue weighted by atomic mass is 9.96. The van der Waals surface area contributed by atoms with Crippen LogP contribution in [0, 0.1) is 12.8 Å². The van der Waals surface area contributed by atoms with Crippen molar-refractivity contribution in [2.75, 3.05) is 11.9 Å². The standard InChI is InChI=1S/C18H16ClF2NO3/c1-10-14(3-2-4-15(10)25-18(20)21)22-17(23)12-7-11-8-13(19)5-6-16(11)24-9-12/h2-6,8,12,18H,7,9H2,1H3,(H,22,23). The van der Waals surface area contributed by atoms with E-state index < -0.39 is 12.5 Å². The third kappa shape index (κ3) is 4.02. The third-order valence-electron chi connectivity index (χ3n) is 4.06. The van der Waals surface area contributed by atoms with Crippen molar-refractivity contribution in [3.05, 3.63) is 52.5 Å². The van der Waals surface area contributed by atoms with E-state index in [4.69, 9.17) is 16.3 Å². The second-order valence-electron chi connectivity index (χ2n) is 5.76. The van der Waals surface area contributed by atoms with Crippen molar-refractivity contribution in [1.29, 1.82) is 0 Å². The Morgan fingerprint density at radius 1 is 1.36 bits per heavy atom. The van der Waals surface area contributed by atoms with Gasteiger partial charge in [0.15, 0.2) is 0 Å². The van der Waals surface area contributed by atoms with Crippen molar-refractivity contribution in [3.8, 4) is 11.5 Å². The van der Waals surface area contributed by atoms with Gasteiger partial charge in [-0.15, -0.1) is 0 Å². The van der Waals surface area contributed by atoms with Crippen LogP contribution in [0.2, 0.25) is 5.02 Å². The number of carbonyl (C=O) groups excluding carboxylic acids is 1. The van der Waals surface area contributed by atoms with E-state index in [9.17, 15) is 13.6 Å². The van der Waals surface area contributed by atoms with Gasteiger partial charge in [0.05, 0.1) is 5.92 Å². The monoisotopic (exact) mass is 367 g/mol. The third-order valence-corrected chi connectivity index (χ3v) is 4.29. The Morgan fingerprint density at radius 2 is 2.16 bits per heavy atom. The first-order valence-corrected chi connectivity index (χ1v) is 8.08. The molecule has 1 amide bonds. The van der Waals surface area contributed by atoms with Gasteiger partial charge in [-0.05, 0) is 49.2 Å². The minimum Gasteiger partial charge on any atom is -0.492 e. The van der Waals surface area contributed by atoms with Crippen LogP contribution in [0.1, 0.15) is 11.1 Å². The van der Waals surface area contributed by atoms with Crippen molar-refractivity contribution in [2.45, 2.75) is 20.0 Å². The molecule has 4 nitrogen and oxygen atoms in total. The van der Waals surface area contributed by atoms with Crippen LogP contribution in [-0.2, 0) is 11.2 Å². The second kappa shape index (κ2) is 7.27. The number of anilines is 1. The van der Waals surface area contributed by atoms with Crippen molar-refractivity contribution in [2.24, 2.45) is 5.92 Å². The molecule has 1 aliphatic heterocycles. The molecule has 1 atom stereocenters. The van der Waals surface area contributed by atoms with Gasteiger partial charge >= 0.3 is 6.61 Å². The highest BCUT2D eigenvalue weighted by Gasteiger charge is 2.26. The van der Waals surface area contributed by atoms with Gasteiger partial charge in [0.2, 0.25) is 5.91 Å². The average Bonchev–Trinajstić information content (AvgIpc) is 2.57. The number of alkyl halides is 2. The molecule has 0 aliphatic carbocycles. The maximum Gasteiger partial charge on any atom is 0.387 e. The number of hydrogen-bond acceptors (Lipinski definition) is 3. The fraction of sp³-hybridized carbons (Fsp3) is 0.278. The summed E-state index contributed by atoms with van der Waals surface area (Å²) in [6, 6.07) is 9.91. The van der Waals surface area contributed by atoms with E-state index in [0.717, 1.165) is 11.3 Å². The Balaban J connectivity index is 1.73. The molecule has 1 heterocycles. The van der Waals surface area contributed by atoms with Crippen LogP contribution in [-0.4, -0.2) is 19.1 Å². The summed E-state index contributed by atoms with van der Waals surface area (Å²) in [5.41, 5.74) is 1.74. The predicted octanol–water partition coefficient (Wildman–Crippen LogP) is 4.44. The highest BCUT2D eigenvalue weighted by Crippen LogP contribution is 2.31. The Kier molecular flexibility index (Phi) is 5.08. The molecule has 0 radical (unpaired) electrons. The summed E-state index contributed by atoms with van der Waals surface area (Å²) in [5, 5.41) is 3.34. The van der Waals surface area contributed by atoms with Crippen LogP contribution in [0.15, 0.2) is 36.4 Å². The van der Waals surface area contributed by atoms with E-state index in [1.165, 1.54) is 6.07 Å². The van der Waals surface area contributed by atoms with E-state index in [0.29, 0.717) is 22.7 Å². The number of nitrogens with one attached hydrogen (secondary N) is 1. The van der Waals surface area contributed by atoms with Gasteiger partial charge < -0.3 is 14.8 Å². The molecule has 7 heteroatoms. The first-order chi connectivity index (χ1) is 11.9. The largest absolute Gasteiger partial charge is 0.492 e. The molecule has 1 unspecified atom stereocenters. The highest BCUT2D eigenvalue weighted by atomic mass is 35.5. The number of amides is 1. The van der Waals surface area contributed by atoms with Gasteiger partial charge in [0, 0.05) is 16.3 Å². The fourth-order valence-corrected chi connectivity index (χ4v) is 2.93. The molecule has 2 aromatic rings. The SMILES string of the molecule is Cc1c(NC(=O)C2COc3ccc(Cl)cc3C2)cccc1OC(F)F. The topological polar surface area (TPSA) is 47.6 Å². The Labute approximate surface area is 148 Å². The van der Waals surface area contributed by atoms with Crippen LogP contribution in [0.3, 0.4) is 0 Å². The van der Waals surface area contributed by atoms with Gasteiger partial charge in [-0.2, -0.15) is 8.78 Å². The van der Waals surface area contributed by atoms with Crippen molar-refractivity contribution < 1.29 is 23.0 Å². The first-order valence-electron chi connectivity index (χ1n) is 7.70. The first kappa shape index (κ1) is 17.5. The molecule has 2 aromatic carbocycles. The molecule has 0 fully saturated rings. The summed E-state index contributed by atoms with van der Waals surface area (Å²) in [6.07, 6.45) is 0.494. The quantitative estimate of drug-likeness (QED) is 0.869. The molecule has 132 valence electrons. The normalized spacial score (nSPS) is 16.1. The summed E-state index contributed by atoms with van der Waals surface area (Å²) in [6.45, 7) is -1.07. The number of rotatable bonds is 4. The molecule has 0 bridgehead atoms. The lowest BCUT2D eigenvalue weighted by molar-refractivity contribution is -0.121. The minimum atomic E-state index is -2.92. The van der Waals surface area contributed by atoms with Crippen LogP contribution in [0.5, 0.6) is 11.5 Å². The summed E-state index contributed by atoms with van der Waals surface area (Å²) in [4.78, 5) is 12.5. The van der Waals surface area contributed by atoms with Gasteiger partial charge in [-0.1, -0.05) is 17.7 Å². The van der Waals surface area contributed by atoms with Crippen molar-refractivity contribution in [3.63, 3.8) is 0 Å². The van der Waals surface area contributed by atoms with E-state index in [1.807, 2.05) is 0 Å². The number of benzene rings is 2. The zero-order valence-corrected chi connectivity index (χ0v) is 14.1. The molecule has 0 saturated carbocycles. The zero-order valence-electron chi connectivity index (χ0n) is 13.4. The summed E-state index contributed by atoms with van der Waals surface area (Å²) in [5.74, 6) is 0.106. The Bertz CT molecular complexity index is 798. The fourth-order valence-electron chi connectivity index (χ4n) is 2.74. The van der Waals surface area contributed by atoms with E-state index in [2.05, 4.69) is 10.1 Å². The molecular weight excluding hydrogens is 352 g/mol. The molecule has 0 aromatic heterocycles. The Morgan fingerprint density at radius 3 is 2.92 bits per heavy atom. The number of halogens is 3. The van der Waals surface area contributed by atoms with E-state index in [-0.39, 0.29) is 18.3 Å². The van der Waals surface area contributed by atoms with Gasteiger partial charge in [-0.25, -0.2) is 0 Å². The molecule has 0 spiro atoms. The van der Waals surface area contributed by atoms with E-state index >= 15 is 0 Å². The smallest absolute Gasteiger partial charge is 0.387 e. The van der Waals surface area contributed by atoms with Crippen molar-refractivity contribution in [1.82, 2.24) is 0 Å². The Hall–Kier alpha value is -2.34. The lowest BCUT2D eigenvalue weighted by Gasteiger charge is -2.25. The summed E-state index contributed by atoms with van der Waals surface area (Å²) >= 11 is 5.98. The van der Waals surface area contributed by atoms with Gasteiger partial charge in [0.1, 0.15) is 18.1 Å². The van der Waals surface area contributed by atoms with Crippen LogP contribution < -0.4 is 14.8 Å². The van der Waals surface area contributed by atoms with Crippen LogP contribution in [0.25, 0.3) is 0 Å².